The standard InChI is InChI=1S/C13H11BrClNO/c14-10-2-1-3-12(6-10)17-8-9-4-5-11(15)7-13(9)16/h1-7H,8,16H2. The molecule has 2 N–H and O–H groups in total. The first-order valence-electron chi connectivity index (χ1n) is 5.07. The Hall–Kier alpha value is -1.19. The highest BCUT2D eigenvalue weighted by Gasteiger charge is 2.01. The number of hydrogen-bond donors (Lipinski definition) is 1. The zero-order valence-corrected chi connectivity index (χ0v) is 11.3. The summed E-state index contributed by atoms with van der Waals surface area (Å²) in [6, 6.07) is 13.1. The Morgan fingerprint density at radius 1 is 1.18 bits per heavy atom. The van der Waals surface area contributed by atoms with E-state index in [4.69, 9.17) is 22.1 Å². The maximum atomic E-state index is 5.84. The summed E-state index contributed by atoms with van der Waals surface area (Å²) in [5.41, 5.74) is 7.41. The van der Waals surface area contributed by atoms with Crippen molar-refractivity contribution in [1.29, 1.82) is 0 Å². The average molecular weight is 313 g/mol. The second-order valence-electron chi connectivity index (χ2n) is 3.59. The maximum absolute atomic E-state index is 5.84. The predicted octanol–water partition coefficient (Wildman–Crippen LogP) is 4.26. The summed E-state index contributed by atoms with van der Waals surface area (Å²) in [5, 5.41) is 0.633. The Labute approximate surface area is 113 Å². The summed E-state index contributed by atoms with van der Waals surface area (Å²) in [7, 11) is 0. The van der Waals surface area contributed by atoms with Gasteiger partial charge in [-0.2, -0.15) is 0 Å². The first-order chi connectivity index (χ1) is 8.15. The van der Waals surface area contributed by atoms with E-state index in [0.717, 1.165) is 15.8 Å². The number of nitrogens with two attached hydrogens (primary N) is 1. The van der Waals surface area contributed by atoms with Crippen molar-refractivity contribution in [3.8, 4) is 5.75 Å². The van der Waals surface area contributed by atoms with Crippen LogP contribution in [-0.2, 0) is 6.61 Å². The molecule has 2 aromatic carbocycles. The van der Waals surface area contributed by atoms with Crippen LogP contribution >= 0.6 is 27.5 Å². The van der Waals surface area contributed by atoms with Crippen LogP contribution in [0.2, 0.25) is 5.02 Å². The smallest absolute Gasteiger partial charge is 0.120 e. The van der Waals surface area contributed by atoms with E-state index >= 15 is 0 Å². The molecule has 0 amide bonds. The van der Waals surface area contributed by atoms with Crippen LogP contribution in [-0.4, -0.2) is 0 Å². The van der Waals surface area contributed by atoms with Crippen LogP contribution < -0.4 is 10.5 Å². The molecule has 0 atom stereocenters. The normalized spacial score (nSPS) is 10.2. The maximum Gasteiger partial charge on any atom is 0.120 e. The average Bonchev–Trinajstić information content (AvgIpc) is 2.28. The molecule has 2 rings (SSSR count). The van der Waals surface area contributed by atoms with Gasteiger partial charge in [-0.1, -0.05) is 39.7 Å². The minimum atomic E-state index is 0.430. The lowest BCUT2D eigenvalue weighted by Crippen LogP contribution is -2.00. The molecule has 2 nitrogen and oxygen atoms in total. The van der Waals surface area contributed by atoms with Crippen molar-refractivity contribution < 1.29 is 4.74 Å². The van der Waals surface area contributed by atoms with Crippen molar-refractivity contribution in [3.63, 3.8) is 0 Å². The van der Waals surface area contributed by atoms with Crippen molar-refractivity contribution in [2.45, 2.75) is 6.61 Å². The molecule has 0 aliphatic heterocycles. The topological polar surface area (TPSA) is 35.2 Å². The van der Waals surface area contributed by atoms with Crippen molar-refractivity contribution >= 4 is 33.2 Å². The Balaban J connectivity index is 2.07. The van der Waals surface area contributed by atoms with E-state index in [9.17, 15) is 0 Å². The molecule has 0 fully saturated rings. The molecule has 4 heteroatoms. The van der Waals surface area contributed by atoms with Crippen molar-refractivity contribution in [2.75, 3.05) is 5.73 Å². The van der Waals surface area contributed by atoms with Gasteiger partial charge >= 0.3 is 0 Å². The third-order valence-electron chi connectivity index (χ3n) is 2.30. The zero-order valence-electron chi connectivity index (χ0n) is 8.99. The molecule has 0 saturated heterocycles. The summed E-state index contributed by atoms with van der Waals surface area (Å²) in [5.74, 6) is 0.800. The molecule has 0 radical (unpaired) electrons. The quantitative estimate of drug-likeness (QED) is 0.859. The van der Waals surface area contributed by atoms with E-state index in [1.54, 1.807) is 12.1 Å². The van der Waals surface area contributed by atoms with E-state index in [1.807, 2.05) is 30.3 Å². The number of ether oxygens (including phenoxy) is 1. The molecule has 0 aromatic heterocycles. The van der Waals surface area contributed by atoms with Gasteiger partial charge in [-0.05, 0) is 30.3 Å². The molecule has 0 spiro atoms. The number of hydrogen-bond acceptors (Lipinski definition) is 2. The third-order valence-corrected chi connectivity index (χ3v) is 3.03. The first kappa shape index (κ1) is 12.3. The van der Waals surface area contributed by atoms with Crippen LogP contribution in [0.3, 0.4) is 0 Å². The fraction of sp³-hybridized carbons (Fsp3) is 0.0769. The largest absolute Gasteiger partial charge is 0.489 e. The van der Waals surface area contributed by atoms with Gasteiger partial charge in [-0.25, -0.2) is 0 Å². The molecule has 0 heterocycles. The number of rotatable bonds is 3. The van der Waals surface area contributed by atoms with E-state index < -0.39 is 0 Å². The summed E-state index contributed by atoms with van der Waals surface area (Å²) in [6.45, 7) is 0.430. The Morgan fingerprint density at radius 2 is 2.00 bits per heavy atom. The fourth-order valence-electron chi connectivity index (χ4n) is 1.42. The Kier molecular flexibility index (Phi) is 3.92. The van der Waals surface area contributed by atoms with Gasteiger partial charge in [0.05, 0.1) is 0 Å². The lowest BCUT2D eigenvalue weighted by molar-refractivity contribution is 0.307. The summed E-state index contributed by atoms with van der Waals surface area (Å²) >= 11 is 9.22. The van der Waals surface area contributed by atoms with E-state index in [2.05, 4.69) is 15.9 Å². The van der Waals surface area contributed by atoms with Crippen LogP contribution in [0.4, 0.5) is 5.69 Å². The Bertz CT molecular complexity index is 531. The number of nitrogen functional groups attached to an aromatic ring is 1. The van der Waals surface area contributed by atoms with Crippen LogP contribution in [0.25, 0.3) is 0 Å². The lowest BCUT2D eigenvalue weighted by atomic mass is 10.2. The molecule has 0 saturated carbocycles. The minimum Gasteiger partial charge on any atom is -0.489 e. The van der Waals surface area contributed by atoms with Crippen molar-refractivity contribution in [2.24, 2.45) is 0 Å². The van der Waals surface area contributed by atoms with Gasteiger partial charge in [0.15, 0.2) is 0 Å². The van der Waals surface area contributed by atoms with Gasteiger partial charge in [0.2, 0.25) is 0 Å². The Morgan fingerprint density at radius 3 is 2.71 bits per heavy atom. The molecule has 0 bridgehead atoms. The van der Waals surface area contributed by atoms with Crippen molar-refractivity contribution in [3.05, 3.63) is 57.5 Å². The minimum absolute atomic E-state index is 0.430. The highest BCUT2D eigenvalue weighted by Crippen LogP contribution is 2.22. The van der Waals surface area contributed by atoms with E-state index in [0.29, 0.717) is 17.3 Å². The molecular weight excluding hydrogens is 302 g/mol. The third kappa shape index (κ3) is 3.38. The first-order valence-corrected chi connectivity index (χ1v) is 6.24. The highest BCUT2D eigenvalue weighted by molar-refractivity contribution is 9.10. The van der Waals surface area contributed by atoms with Crippen molar-refractivity contribution in [1.82, 2.24) is 0 Å². The number of benzene rings is 2. The van der Waals surface area contributed by atoms with Gasteiger partial charge in [-0.3, -0.25) is 0 Å². The van der Waals surface area contributed by atoms with Crippen LogP contribution in [0.5, 0.6) is 5.75 Å². The van der Waals surface area contributed by atoms with E-state index in [-0.39, 0.29) is 0 Å². The summed E-state index contributed by atoms with van der Waals surface area (Å²) in [4.78, 5) is 0. The van der Waals surface area contributed by atoms with Gasteiger partial charge in [0, 0.05) is 20.7 Å². The van der Waals surface area contributed by atoms with Crippen LogP contribution in [0.1, 0.15) is 5.56 Å². The highest BCUT2D eigenvalue weighted by atomic mass is 79.9. The van der Waals surface area contributed by atoms with Crippen LogP contribution in [0, 0.1) is 0 Å². The summed E-state index contributed by atoms with van der Waals surface area (Å²) in [6.07, 6.45) is 0. The number of halogens is 2. The lowest BCUT2D eigenvalue weighted by Gasteiger charge is -2.09. The monoisotopic (exact) mass is 311 g/mol. The number of anilines is 1. The van der Waals surface area contributed by atoms with E-state index in [1.165, 1.54) is 0 Å². The van der Waals surface area contributed by atoms with Gasteiger partial charge < -0.3 is 10.5 Å². The molecular formula is C13H11BrClNO. The molecule has 2 aromatic rings. The van der Waals surface area contributed by atoms with Gasteiger partial charge in [-0.15, -0.1) is 0 Å². The molecule has 0 unspecified atom stereocenters. The second-order valence-corrected chi connectivity index (χ2v) is 4.94. The zero-order chi connectivity index (χ0) is 12.3. The molecule has 17 heavy (non-hydrogen) atoms. The van der Waals surface area contributed by atoms with Gasteiger partial charge in [0.1, 0.15) is 12.4 Å². The fourth-order valence-corrected chi connectivity index (χ4v) is 1.97. The molecule has 88 valence electrons. The van der Waals surface area contributed by atoms with Gasteiger partial charge in [0.25, 0.3) is 0 Å². The summed E-state index contributed by atoms with van der Waals surface area (Å²) < 4.78 is 6.63. The molecule has 0 aliphatic rings. The second kappa shape index (κ2) is 5.43. The molecule has 0 aliphatic carbocycles. The predicted molar refractivity (Wildman–Crippen MR) is 74.3 cm³/mol. The van der Waals surface area contributed by atoms with Crippen LogP contribution in [0.15, 0.2) is 46.9 Å². The SMILES string of the molecule is Nc1cc(Cl)ccc1COc1cccc(Br)c1.